The molecule has 0 amide bonds. The molecule has 0 saturated carbocycles. The van der Waals surface area contributed by atoms with Crippen LogP contribution in [-0.4, -0.2) is 11.7 Å². The predicted octanol–water partition coefficient (Wildman–Crippen LogP) is 4.51. The summed E-state index contributed by atoms with van der Waals surface area (Å²) in [6, 6.07) is 15.7. The van der Waals surface area contributed by atoms with E-state index in [-0.39, 0.29) is 5.41 Å². The highest BCUT2D eigenvalue weighted by Crippen LogP contribution is 2.33. The zero-order chi connectivity index (χ0) is 14.6. The number of aromatic hydroxyl groups is 1. The Bertz CT molecular complexity index is 539. The van der Waals surface area contributed by atoms with Gasteiger partial charge in [0.1, 0.15) is 11.5 Å². The van der Waals surface area contributed by atoms with Crippen molar-refractivity contribution >= 4 is 0 Å². The van der Waals surface area contributed by atoms with E-state index in [1.165, 1.54) is 11.1 Å². The zero-order valence-corrected chi connectivity index (χ0v) is 12.4. The second-order valence-electron chi connectivity index (χ2n) is 5.54. The third kappa shape index (κ3) is 3.13. The van der Waals surface area contributed by atoms with E-state index in [9.17, 15) is 5.11 Å². The minimum atomic E-state index is -0.100. The Morgan fingerprint density at radius 2 is 1.40 bits per heavy atom. The van der Waals surface area contributed by atoms with Crippen molar-refractivity contribution in [3.05, 3.63) is 59.7 Å². The normalized spacial score (nSPS) is 11.3. The first-order valence-electron chi connectivity index (χ1n) is 7.07. The maximum Gasteiger partial charge on any atom is 0.119 e. The van der Waals surface area contributed by atoms with E-state index in [0.717, 1.165) is 18.8 Å². The Morgan fingerprint density at radius 1 is 0.900 bits per heavy atom. The molecule has 0 aliphatic heterocycles. The van der Waals surface area contributed by atoms with Gasteiger partial charge in [-0.2, -0.15) is 0 Å². The van der Waals surface area contributed by atoms with Crippen LogP contribution < -0.4 is 4.74 Å². The molecule has 0 radical (unpaired) electrons. The number of phenolic OH excluding ortho intramolecular Hbond substituents is 1. The van der Waals surface area contributed by atoms with E-state index in [1.807, 2.05) is 24.3 Å². The summed E-state index contributed by atoms with van der Waals surface area (Å²) in [6.45, 7) is 7.21. The van der Waals surface area contributed by atoms with Crippen molar-refractivity contribution in [1.29, 1.82) is 0 Å². The molecule has 0 aromatic heterocycles. The molecule has 0 fully saturated rings. The van der Waals surface area contributed by atoms with Gasteiger partial charge in [-0.1, -0.05) is 45.0 Å². The number of ether oxygens (including phenoxy) is 1. The van der Waals surface area contributed by atoms with Crippen LogP contribution in [0.2, 0.25) is 0 Å². The number of phenols is 1. The summed E-state index contributed by atoms with van der Waals surface area (Å²) in [5.74, 6) is 1.21. The second kappa shape index (κ2) is 6.00. The van der Waals surface area contributed by atoms with Crippen LogP contribution in [0.1, 0.15) is 38.3 Å². The van der Waals surface area contributed by atoms with Crippen molar-refractivity contribution in [2.75, 3.05) is 6.61 Å². The molecule has 2 aromatic rings. The molecule has 0 atom stereocenters. The zero-order valence-electron chi connectivity index (χ0n) is 12.4. The van der Waals surface area contributed by atoms with Crippen LogP contribution in [0, 0.1) is 0 Å². The van der Waals surface area contributed by atoms with Gasteiger partial charge in [0.05, 0.1) is 6.61 Å². The van der Waals surface area contributed by atoms with Gasteiger partial charge in [0.25, 0.3) is 0 Å². The second-order valence-corrected chi connectivity index (χ2v) is 5.54. The monoisotopic (exact) mass is 270 g/mol. The molecule has 2 aromatic carbocycles. The van der Waals surface area contributed by atoms with Gasteiger partial charge in [-0.05, 0) is 41.8 Å². The molecule has 2 heteroatoms. The number of hydrogen-bond donors (Lipinski definition) is 1. The van der Waals surface area contributed by atoms with E-state index in [1.54, 1.807) is 12.1 Å². The summed E-state index contributed by atoms with van der Waals surface area (Å²) < 4.78 is 5.61. The average molecular weight is 270 g/mol. The molecule has 0 aliphatic carbocycles. The molecular weight excluding hydrogens is 248 g/mol. The summed E-state index contributed by atoms with van der Waals surface area (Å²) in [4.78, 5) is 0. The molecule has 0 aliphatic rings. The fourth-order valence-corrected chi connectivity index (χ4v) is 2.23. The van der Waals surface area contributed by atoms with E-state index in [4.69, 9.17) is 4.74 Å². The molecule has 20 heavy (non-hydrogen) atoms. The highest BCUT2D eigenvalue weighted by atomic mass is 16.5. The standard InChI is InChI=1S/C18H22O2/c1-4-13-20-17-11-7-15(8-12-17)18(2,3)14-5-9-16(19)10-6-14/h5-12,19H,4,13H2,1-3H3. The Balaban J connectivity index is 2.22. The van der Waals surface area contributed by atoms with Crippen LogP contribution in [0.5, 0.6) is 11.5 Å². The first kappa shape index (κ1) is 14.4. The number of rotatable bonds is 5. The van der Waals surface area contributed by atoms with Crippen molar-refractivity contribution in [3.63, 3.8) is 0 Å². The lowest BCUT2D eigenvalue weighted by Crippen LogP contribution is -2.18. The van der Waals surface area contributed by atoms with E-state index >= 15 is 0 Å². The van der Waals surface area contributed by atoms with E-state index < -0.39 is 0 Å². The summed E-state index contributed by atoms with van der Waals surface area (Å²) in [5.41, 5.74) is 2.31. The van der Waals surface area contributed by atoms with Gasteiger partial charge in [0.2, 0.25) is 0 Å². The Labute approximate surface area is 121 Å². The van der Waals surface area contributed by atoms with Gasteiger partial charge in [0.15, 0.2) is 0 Å². The first-order valence-corrected chi connectivity index (χ1v) is 7.07. The number of benzene rings is 2. The predicted molar refractivity (Wildman–Crippen MR) is 82.5 cm³/mol. The lowest BCUT2D eigenvalue weighted by molar-refractivity contribution is 0.317. The molecule has 0 bridgehead atoms. The summed E-state index contributed by atoms with van der Waals surface area (Å²) in [5, 5.41) is 9.40. The van der Waals surface area contributed by atoms with Crippen molar-refractivity contribution < 1.29 is 9.84 Å². The molecule has 2 nitrogen and oxygen atoms in total. The Hall–Kier alpha value is -1.96. The van der Waals surface area contributed by atoms with Crippen LogP contribution in [0.15, 0.2) is 48.5 Å². The van der Waals surface area contributed by atoms with Crippen molar-refractivity contribution in [1.82, 2.24) is 0 Å². The molecule has 106 valence electrons. The molecule has 2 rings (SSSR count). The molecule has 0 saturated heterocycles. The Kier molecular flexibility index (Phi) is 4.33. The minimum absolute atomic E-state index is 0.100. The Morgan fingerprint density at radius 3 is 1.90 bits per heavy atom. The average Bonchev–Trinajstić information content (AvgIpc) is 2.46. The van der Waals surface area contributed by atoms with Crippen LogP contribution in [0.3, 0.4) is 0 Å². The lowest BCUT2D eigenvalue weighted by Gasteiger charge is -2.26. The lowest BCUT2D eigenvalue weighted by atomic mass is 9.78. The van der Waals surface area contributed by atoms with Gasteiger partial charge in [0, 0.05) is 5.41 Å². The van der Waals surface area contributed by atoms with E-state index in [0.29, 0.717) is 5.75 Å². The minimum Gasteiger partial charge on any atom is -0.508 e. The van der Waals surface area contributed by atoms with Gasteiger partial charge in [-0.3, -0.25) is 0 Å². The van der Waals surface area contributed by atoms with Gasteiger partial charge >= 0.3 is 0 Å². The van der Waals surface area contributed by atoms with Gasteiger partial charge in [-0.25, -0.2) is 0 Å². The summed E-state index contributed by atoms with van der Waals surface area (Å²) in [6.07, 6.45) is 1.01. The highest BCUT2D eigenvalue weighted by molar-refractivity contribution is 5.41. The smallest absolute Gasteiger partial charge is 0.119 e. The largest absolute Gasteiger partial charge is 0.508 e. The quantitative estimate of drug-likeness (QED) is 0.866. The molecule has 0 heterocycles. The maximum absolute atomic E-state index is 9.40. The third-order valence-corrected chi connectivity index (χ3v) is 3.64. The first-order chi connectivity index (χ1) is 9.54. The molecule has 0 spiro atoms. The van der Waals surface area contributed by atoms with Crippen LogP contribution >= 0.6 is 0 Å². The third-order valence-electron chi connectivity index (χ3n) is 3.64. The summed E-state index contributed by atoms with van der Waals surface area (Å²) >= 11 is 0. The van der Waals surface area contributed by atoms with Crippen LogP contribution in [0.4, 0.5) is 0 Å². The van der Waals surface area contributed by atoms with E-state index in [2.05, 4.69) is 32.9 Å². The fourth-order valence-electron chi connectivity index (χ4n) is 2.23. The molecular formula is C18H22O2. The van der Waals surface area contributed by atoms with Crippen molar-refractivity contribution in [2.24, 2.45) is 0 Å². The van der Waals surface area contributed by atoms with Gasteiger partial charge < -0.3 is 9.84 Å². The van der Waals surface area contributed by atoms with Gasteiger partial charge in [-0.15, -0.1) is 0 Å². The number of hydrogen-bond acceptors (Lipinski definition) is 2. The maximum atomic E-state index is 9.40. The fraction of sp³-hybridized carbons (Fsp3) is 0.333. The van der Waals surface area contributed by atoms with Crippen molar-refractivity contribution in [3.8, 4) is 11.5 Å². The van der Waals surface area contributed by atoms with Crippen LogP contribution in [-0.2, 0) is 5.41 Å². The highest BCUT2D eigenvalue weighted by Gasteiger charge is 2.22. The van der Waals surface area contributed by atoms with Crippen molar-refractivity contribution in [2.45, 2.75) is 32.6 Å². The molecule has 0 unspecified atom stereocenters. The summed E-state index contributed by atoms with van der Waals surface area (Å²) in [7, 11) is 0. The topological polar surface area (TPSA) is 29.5 Å². The van der Waals surface area contributed by atoms with Crippen LogP contribution in [0.25, 0.3) is 0 Å². The molecule has 1 N–H and O–H groups in total. The SMILES string of the molecule is CCCOc1ccc(C(C)(C)c2ccc(O)cc2)cc1.